The molecule has 68 heavy (non-hydrogen) atoms. The summed E-state index contributed by atoms with van der Waals surface area (Å²) in [4.78, 5) is 15.5. The molecule has 5 heteroatoms. The van der Waals surface area contributed by atoms with Crippen LogP contribution in [0.5, 0.6) is 0 Å². The van der Waals surface area contributed by atoms with Crippen LogP contribution >= 0.6 is 0 Å². The van der Waals surface area contributed by atoms with E-state index in [4.69, 9.17) is 23.8 Å². The number of benzene rings is 10. The van der Waals surface area contributed by atoms with E-state index in [1.165, 1.54) is 11.1 Å². The molecule has 0 bridgehead atoms. The van der Waals surface area contributed by atoms with E-state index in [0.717, 1.165) is 105 Å². The van der Waals surface area contributed by atoms with Gasteiger partial charge in [-0.05, 0) is 110 Å². The molecule has 13 rings (SSSR count). The van der Waals surface area contributed by atoms with E-state index in [1.54, 1.807) is 0 Å². The van der Waals surface area contributed by atoms with Gasteiger partial charge in [-0.1, -0.05) is 182 Å². The highest BCUT2D eigenvalue weighted by molar-refractivity contribution is 6.14. The second-order valence-corrected chi connectivity index (χ2v) is 17.1. The van der Waals surface area contributed by atoms with Crippen LogP contribution in [-0.4, -0.2) is 15.0 Å². The van der Waals surface area contributed by atoms with Crippen LogP contribution in [0, 0.1) is 0 Å². The number of furan rings is 2. The molecule has 0 aliphatic heterocycles. The molecule has 0 saturated carbocycles. The maximum absolute atomic E-state index is 6.73. The summed E-state index contributed by atoms with van der Waals surface area (Å²) in [5, 5.41) is 4.28. The van der Waals surface area contributed by atoms with Gasteiger partial charge >= 0.3 is 0 Å². The fourth-order valence-corrected chi connectivity index (χ4v) is 9.63. The second kappa shape index (κ2) is 16.4. The summed E-state index contributed by atoms with van der Waals surface area (Å²) in [6, 6.07) is 82.3. The zero-order chi connectivity index (χ0) is 45.0. The fourth-order valence-electron chi connectivity index (χ4n) is 9.63. The van der Waals surface area contributed by atoms with E-state index in [-0.39, 0.29) is 0 Å². The summed E-state index contributed by atoms with van der Waals surface area (Å²) in [6.45, 7) is 0. The van der Waals surface area contributed by atoms with Crippen LogP contribution in [-0.2, 0) is 0 Å². The van der Waals surface area contributed by atoms with Gasteiger partial charge in [-0.25, -0.2) is 15.0 Å². The topological polar surface area (TPSA) is 65.0 Å². The van der Waals surface area contributed by atoms with Gasteiger partial charge in [0.25, 0.3) is 0 Å². The Hall–Kier alpha value is -9.19. The monoisotopic (exact) mass is 869 g/mol. The van der Waals surface area contributed by atoms with Gasteiger partial charge in [0.1, 0.15) is 22.3 Å². The molecule has 0 aliphatic carbocycles. The Morgan fingerprint density at radius 1 is 0.221 bits per heavy atom. The lowest BCUT2D eigenvalue weighted by molar-refractivity contribution is 0.668. The Morgan fingerprint density at radius 3 is 1.25 bits per heavy atom. The van der Waals surface area contributed by atoms with Crippen LogP contribution in [0.4, 0.5) is 0 Å². The lowest BCUT2D eigenvalue weighted by Crippen LogP contribution is -2.00. The molecule has 0 spiro atoms. The predicted octanol–water partition coefficient (Wildman–Crippen LogP) is 17.0. The average Bonchev–Trinajstić information content (AvgIpc) is 4.00. The van der Waals surface area contributed by atoms with Crippen molar-refractivity contribution in [3.05, 3.63) is 237 Å². The largest absolute Gasteiger partial charge is 0.456 e. The first-order valence-corrected chi connectivity index (χ1v) is 22.8. The van der Waals surface area contributed by atoms with Crippen molar-refractivity contribution in [1.29, 1.82) is 0 Å². The molecule has 0 N–H and O–H groups in total. The van der Waals surface area contributed by atoms with Crippen LogP contribution in [0.3, 0.4) is 0 Å². The van der Waals surface area contributed by atoms with Gasteiger partial charge in [0, 0.05) is 38.2 Å². The minimum Gasteiger partial charge on any atom is -0.456 e. The summed E-state index contributed by atoms with van der Waals surface area (Å²) in [5.41, 5.74) is 17.2. The van der Waals surface area contributed by atoms with Crippen LogP contribution < -0.4 is 0 Å². The SMILES string of the molecule is c1ccc(-c2cccc(-c3nc(-c4ccc(-c5cccc6oc7ccccc7c56)cc4)nc(-c4ccc5c(c4)oc4cccc(-c6cc(-c7ccccc7)cc(-c7ccccc7)c6)c45)n3)c2)cc1. The summed E-state index contributed by atoms with van der Waals surface area (Å²) in [6.07, 6.45) is 0. The van der Waals surface area contributed by atoms with Gasteiger partial charge in [-0.15, -0.1) is 0 Å². The van der Waals surface area contributed by atoms with Gasteiger partial charge in [-0.3, -0.25) is 0 Å². The third-order valence-electron chi connectivity index (χ3n) is 12.9. The van der Waals surface area contributed by atoms with Crippen molar-refractivity contribution in [2.45, 2.75) is 0 Å². The Kier molecular flexibility index (Phi) is 9.43. The summed E-state index contributed by atoms with van der Waals surface area (Å²) in [5.74, 6) is 1.72. The average molecular weight is 870 g/mol. The maximum atomic E-state index is 6.73. The minimum absolute atomic E-state index is 0.555. The van der Waals surface area contributed by atoms with Crippen molar-refractivity contribution >= 4 is 43.9 Å². The zero-order valence-electron chi connectivity index (χ0n) is 36.7. The molecule has 0 fully saturated rings. The van der Waals surface area contributed by atoms with Crippen molar-refractivity contribution in [1.82, 2.24) is 15.0 Å². The lowest BCUT2D eigenvalue weighted by Gasteiger charge is -2.12. The quantitative estimate of drug-likeness (QED) is 0.152. The molecule has 0 atom stereocenters. The summed E-state index contributed by atoms with van der Waals surface area (Å²) in [7, 11) is 0. The molecular weight excluding hydrogens is 831 g/mol. The Balaban J connectivity index is 0.937. The zero-order valence-corrected chi connectivity index (χ0v) is 36.7. The smallest absolute Gasteiger partial charge is 0.164 e. The Morgan fingerprint density at radius 2 is 0.618 bits per heavy atom. The number of fused-ring (bicyclic) bond motifs is 6. The van der Waals surface area contributed by atoms with Crippen molar-refractivity contribution < 1.29 is 8.83 Å². The first-order chi connectivity index (χ1) is 33.7. The number of hydrogen-bond acceptors (Lipinski definition) is 5. The third kappa shape index (κ3) is 7.02. The molecule has 318 valence electrons. The van der Waals surface area contributed by atoms with Crippen LogP contribution in [0.2, 0.25) is 0 Å². The molecule has 10 aromatic carbocycles. The highest BCUT2D eigenvalue weighted by Crippen LogP contribution is 2.42. The van der Waals surface area contributed by atoms with Crippen LogP contribution in [0.1, 0.15) is 0 Å². The van der Waals surface area contributed by atoms with E-state index in [1.807, 2.05) is 30.3 Å². The van der Waals surface area contributed by atoms with E-state index in [2.05, 4.69) is 206 Å². The Labute approximate surface area is 392 Å². The van der Waals surface area contributed by atoms with E-state index in [9.17, 15) is 0 Å². The van der Waals surface area contributed by atoms with Crippen molar-refractivity contribution in [2.75, 3.05) is 0 Å². The summed E-state index contributed by atoms with van der Waals surface area (Å²) >= 11 is 0. The van der Waals surface area contributed by atoms with E-state index >= 15 is 0 Å². The highest BCUT2D eigenvalue weighted by Gasteiger charge is 2.19. The molecule has 0 radical (unpaired) electrons. The molecule has 0 aliphatic rings. The Bertz CT molecular complexity index is 3950. The van der Waals surface area contributed by atoms with Gasteiger partial charge < -0.3 is 8.83 Å². The molecule has 13 aromatic rings. The number of hydrogen-bond donors (Lipinski definition) is 0. The summed E-state index contributed by atoms with van der Waals surface area (Å²) < 4.78 is 13.0. The number of para-hydroxylation sites is 1. The number of rotatable bonds is 8. The highest BCUT2D eigenvalue weighted by atomic mass is 16.3. The first-order valence-electron chi connectivity index (χ1n) is 22.8. The van der Waals surface area contributed by atoms with Crippen molar-refractivity contribution in [2.24, 2.45) is 0 Å². The molecule has 3 heterocycles. The lowest BCUT2D eigenvalue weighted by atomic mass is 9.91. The second-order valence-electron chi connectivity index (χ2n) is 17.1. The normalized spacial score (nSPS) is 11.5. The van der Waals surface area contributed by atoms with Crippen LogP contribution in [0.15, 0.2) is 245 Å². The van der Waals surface area contributed by atoms with Gasteiger partial charge in [0.2, 0.25) is 0 Å². The predicted molar refractivity (Wildman–Crippen MR) is 278 cm³/mol. The molecular formula is C63H39N3O2. The number of aromatic nitrogens is 3. The molecule has 0 unspecified atom stereocenters. The maximum Gasteiger partial charge on any atom is 0.164 e. The fraction of sp³-hybridized carbons (Fsp3) is 0. The molecule has 0 amide bonds. The molecule has 5 nitrogen and oxygen atoms in total. The number of nitrogens with zero attached hydrogens (tertiary/aromatic N) is 3. The van der Waals surface area contributed by atoms with Gasteiger partial charge in [-0.2, -0.15) is 0 Å². The van der Waals surface area contributed by atoms with E-state index in [0.29, 0.717) is 17.5 Å². The minimum atomic E-state index is 0.555. The standard InChI is InChI=1S/C63H39N3O2/c1-4-15-40(16-5-1)45-21-12-22-46(35-45)62-64-61(44-31-29-43(30-32-44)51-24-13-27-56-59(51)53-23-10-11-26-55(53)67-56)65-63(66-62)47-33-34-54-58(39-47)68-57-28-14-25-52(60(54)57)50-37-48(41-17-6-2-7-18-41)36-49(38-50)42-19-8-3-9-20-42/h1-39H. The van der Waals surface area contributed by atoms with Gasteiger partial charge in [0.15, 0.2) is 17.5 Å². The first kappa shape index (κ1) is 39.2. The third-order valence-corrected chi connectivity index (χ3v) is 12.9. The van der Waals surface area contributed by atoms with Crippen molar-refractivity contribution in [3.63, 3.8) is 0 Å². The van der Waals surface area contributed by atoms with Gasteiger partial charge in [0.05, 0.1) is 0 Å². The molecule has 3 aromatic heterocycles. The molecule has 0 saturated heterocycles. The van der Waals surface area contributed by atoms with E-state index < -0.39 is 0 Å². The van der Waals surface area contributed by atoms with Crippen LogP contribution in [0.25, 0.3) is 134 Å². The van der Waals surface area contributed by atoms with Crippen molar-refractivity contribution in [3.8, 4) is 89.8 Å².